The highest BCUT2D eigenvalue weighted by Gasteiger charge is 2.14. The Kier molecular flexibility index (Phi) is 5.83. The molecule has 0 fully saturated rings. The summed E-state index contributed by atoms with van der Waals surface area (Å²) in [7, 11) is 0. The second kappa shape index (κ2) is 8.08. The van der Waals surface area contributed by atoms with Crippen LogP contribution in [-0.4, -0.2) is 25.7 Å². The smallest absolute Gasteiger partial charge is 0.264 e. The SMILES string of the molecule is CCOc1ccc(OCC(=O)N(CC)c2ccccc2)cc1. The van der Waals surface area contributed by atoms with Gasteiger partial charge in [-0.25, -0.2) is 0 Å². The van der Waals surface area contributed by atoms with Crippen molar-refractivity contribution in [1.82, 2.24) is 0 Å². The van der Waals surface area contributed by atoms with Crippen molar-refractivity contribution in [3.8, 4) is 11.5 Å². The van der Waals surface area contributed by atoms with Gasteiger partial charge in [-0.1, -0.05) is 18.2 Å². The zero-order chi connectivity index (χ0) is 15.8. The van der Waals surface area contributed by atoms with Gasteiger partial charge in [-0.2, -0.15) is 0 Å². The van der Waals surface area contributed by atoms with E-state index < -0.39 is 0 Å². The maximum Gasteiger partial charge on any atom is 0.264 e. The van der Waals surface area contributed by atoms with Gasteiger partial charge in [0.1, 0.15) is 11.5 Å². The van der Waals surface area contributed by atoms with Crippen LogP contribution >= 0.6 is 0 Å². The molecule has 0 unspecified atom stereocenters. The Morgan fingerprint density at radius 2 is 1.50 bits per heavy atom. The molecule has 0 spiro atoms. The van der Waals surface area contributed by atoms with Crippen LogP contribution < -0.4 is 14.4 Å². The minimum Gasteiger partial charge on any atom is -0.494 e. The number of carbonyl (C=O) groups is 1. The zero-order valence-electron chi connectivity index (χ0n) is 13.0. The lowest BCUT2D eigenvalue weighted by atomic mass is 10.3. The standard InChI is InChI=1S/C18H21NO3/c1-3-19(15-8-6-5-7-9-15)18(20)14-22-17-12-10-16(11-13-17)21-4-2/h5-13H,3-4,14H2,1-2H3. The number of nitrogens with zero attached hydrogens (tertiary/aromatic N) is 1. The minimum atomic E-state index is -0.0671. The number of hydrogen-bond donors (Lipinski definition) is 0. The molecule has 0 saturated carbocycles. The van der Waals surface area contributed by atoms with Crippen molar-refractivity contribution in [2.24, 2.45) is 0 Å². The van der Waals surface area contributed by atoms with E-state index in [1.165, 1.54) is 0 Å². The summed E-state index contributed by atoms with van der Waals surface area (Å²) in [5.74, 6) is 1.38. The quantitative estimate of drug-likeness (QED) is 0.785. The lowest BCUT2D eigenvalue weighted by molar-refractivity contribution is -0.120. The van der Waals surface area contributed by atoms with E-state index in [2.05, 4.69) is 0 Å². The molecule has 4 nitrogen and oxygen atoms in total. The molecule has 2 aromatic carbocycles. The summed E-state index contributed by atoms with van der Waals surface area (Å²) >= 11 is 0. The first-order valence-electron chi connectivity index (χ1n) is 7.45. The monoisotopic (exact) mass is 299 g/mol. The molecule has 0 aliphatic carbocycles. The van der Waals surface area contributed by atoms with Gasteiger partial charge in [0.05, 0.1) is 6.61 Å². The third-order valence-corrected chi connectivity index (χ3v) is 3.18. The Balaban J connectivity index is 1.93. The molecular weight excluding hydrogens is 278 g/mol. The highest BCUT2D eigenvalue weighted by atomic mass is 16.5. The average Bonchev–Trinajstić information content (AvgIpc) is 2.56. The number of ether oxygens (including phenoxy) is 2. The number of carbonyl (C=O) groups excluding carboxylic acids is 1. The molecule has 0 saturated heterocycles. The van der Waals surface area contributed by atoms with Crippen LogP contribution in [0.1, 0.15) is 13.8 Å². The molecule has 4 heteroatoms. The van der Waals surface area contributed by atoms with Crippen LogP contribution in [0.5, 0.6) is 11.5 Å². The maximum atomic E-state index is 12.3. The number of benzene rings is 2. The fourth-order valence-electron chi connectivity index (χ4n) is 2.13. The highest BCUT2D eigenvalue weighted by molar-refractivity contribution is 5.94. The van der Waals surface area contributed by atoms with Crippen molar-refractivity contribution in [2.45, 2.75) is 13.8 Å². The number of likely N-dealkylation sites (N-methyl/N-ethyl adjacent to an activating group) is 1. The van der Waals surface area contributed by atoms with Gasteiger partial charge >= 0.3 is 0 Å². The minimum absolute atomic E-state index is 0.0106. The molecule has 0 aromatic heterocycles. The van der Waals surface area contributed by atoms with Crippen molar-refractivity contribution in [3.05, 3.63) is 54.6 Å². The number of amides is 1. The van der Waals surface area contributed by atoms with Gasteiger partial charge in [0.25, 0.3) is 5.91 Å². The Bertz CT molecular complexity index is 581. The van der Waals surface area contributed by atoms with Crippen LogP contribution in [0.2, 0.25) is 0 Å². The lowest BCUT2D eigenvalue weighted by Gasteiger charge is -2.21. The van der Waals surface area contributed by atoms with Crippen LogP contribution in [0, 0.1) is 0 Å². The normalized spacial score (nSPS) is 10.1. The van der Waals surface area contributed by atoms with Gasteiger partial charge in [-0.15, -0.1) is 0 Å². The van der Waals surface area contributed by atoms with E-state index in [9.17, 15) is 4.79 Å². The molecule has 0 radical (unpaired) electrons. The molecule has 0 heterocycles. The summed E-state index contributed by atoms with van der Waals surface area (Å²) in [6.07, 6.45) is 0. The fourth-order valence-corrected chi connectivity index (χ4v) is 2.13. The van der Waals surface area contributed by atoms with Gasteiger partial charge in [0.2, 0.25) is 0 Å². The fraction of sp³-hybridized carbons (Fsp3) is 0.278. The first-order valence-corrected chi connectivity index (χ1v) is 7.45. The summed E-state index contributed by atoms with van der Waals surface area (Å²) in [5, 5.41) is 0. The first kappa shape index (κ1) is 15.9. The van der Waals surface area contributed by atoms with Crippen molar-refractivity contribution in [1.29, 1.82) is 0 Å². The van der Waals surface area contributed by atoms with E-state index in [1.807, 2.05) is 56.3 Å². The Labute approximate surface area is 131 Å². The lowest BCUT2D eigenvalue weighted by Crippen LogP contribution is -2.34. The Morgan fingerprint density at radius 1 is 0.909 bits per heavy atom. The van der Waals surface area contributed by atoms with E-state index in [-0.39, 0.29) is 12.5 Å². The van der Waals surface area contributed by atoms with E-state index in [0.717, 1.165) is 11.4 Å². The molecule has 22 heavy (non-hydrogen) atoms. The highest BCUT2D eigenvalue weighted by Crippen LogP contribution is 2.18. The predicted octanol–water partition coefficient (Wildman–Crippen LogP) is 3.52. The summed E-state index contributed by atoms with van der Waals surface area (Å²) in [6, 6.07) is 16.9. The average molecular weight is 299 g/mol. The molecule has 0 aliphatic heterocycles. The van der Waals surface area contributed by atoms with Crippen LogP contribution in [0.15, 0.2) is 54.6 Å². The maximum absolute atomic E-state index is 12.3. The summed E-state index contributed by atoms with van der Waals surface area (Å²) in [5.41, 5.74) is 0.880. The molecule has 2 aromatic rings. The third kappa shape index (κ3) is 4.25. The predicted molar refractivity (Wildman–Crippen MR) is 87.6 cm³/mol. The van der Waals surface area contributed by atoms with Crippen LogP contribution in [-0.2, 0) is 4.79 Å². The van der Waals surface area contributed by atoms with Gasteiger partial charge in [0, 0.05) is 12.2 Å². The molecule has 0 atom stereocenters. The topological polar surface area (TPSA) is 38.8 Å². The van der Waals surface area contributed by atoms with Crippen LogP contribution in [0.25, 0.3) is 0 Å². The second-order valence-corrected chi connectivity index (χ2v) is 4.67. The van der Waals surface area contributed by atoms with Crippen molar-refractivity contribution in [2.75, 3.05) is 24.7 Å². The number of hydrogen-bond acceptors (Lipinski definition) is 3. The van der Waals surface area contributed by atoms with E-state index >= 15 is 0 Å². The van der Waals surface area contributed by atoms with Gasteiger partial charge in [0.15, 0.2) is 6.61 Å². The van der Waals surface area contributed by atoms with Crippen molar-refractivity contribution < 1.29 is 14.3 Å². The largest absolute Gasteiger partial charge is 0.494 e. The van der Waals surface area contributed by atoms with Gasteiger partial charge < -0.3 is 14.4 Å². The van der Waals surface area contributed by atoms with E-state index in [0.29, 0.717) is 18.9 Å². The van der Waals surface area contributed by atoms with Crippen LogP contribution in [0.4, 0.5) is 5.69 Å². The van der Waals surface area contributed by atoms with Gasteiger partial charge in [-0.3, -0.25) is 4.79 Å². The van der Waals surface area contributed by atoms with Crippen LogP contribution in [0.3, 0.4) is 0 Å². The molecule has 2 rings (SSSR count). The molecule has 0 N–H and O–H groups in total. The third-order valence-electron chi connectivity index (χ3n) is 3.18. The zero-order valence-corrected chi connectivity index (χ0v) is 13.0. The van der Waals surface area contributed by atoms with E-state index in [4.69, 9.17) is 9.47 Å². The Hall–Kier alpha value is -2.49. The Morgan fingerprint density at radius 3 is 2.05 bits per heavy atom. The number of rotatable bonds is 7. The summed E-state index contributed by atoms with van der Waals surface area (Å²) < 4.78 is 10.9. The van der Waals surface area contributed by atoms with Gasteiger partial charge in [-0.05, 0) is 50.2 Å². The summed E-state index contributed by atoms with van der Waals surface area (Å²) in [6.45, 7) is 5.13. The van der Waals surface area contributed by atoms with Crippen molar-refractivity contribution >= 4 is 11.6 Å². The first-order chi connectivity index (χ1) is 10.7. The van der Waals surface area contributed by atoms with Crippen molar-refractivity contribution in [3.63, 3.8) is 0 Å². The molecule has 0 aliphatic rings. The molecule has 116 valence electrons. The number of para-hydroxylation sites is 1. The second-order valence-electron chi connectivity index (χ2n) is 4.67. The number of anilines is 1. The molecule has 0 bridgehead atoms. The summed E-state index contributed by atoms with van der Waals surface area (Å²) in [4.78, 5) is 14.0. The van der Waals surface area contributed by atoms with E-state index in [1.54, 1.807) is 17.0 Å². The molecular formula is C18H21NO3. The molecule has 1 amide bonds.